The Kier molecular flexibility index (Phi) is 8.53. The van der Waals surface area contributed by atoms with Gasteiger partial charge in [-0.3, -0.25) is 15.0 Å². The van der Waals surface area contributed by atoms with Crippen molar-refractivity contribution in [3.63, 3.8) is 0 Å². The number of hydrogen-bond acceptors (Lipinski definition) is 8. The molecule has 0 radical (unpaired) electrons. The van der Waals surface area contributed by atoms with Crippen LogP contribution in [0.15, 0.2) is 42.6 Å². The molecular formula is C31H28ClF5N8O2. The molecule has 47 heavy (non-hydrogen) atoms. The van der Waals surface area contributed by atoms with Crippen LogP contribution in [-0.4, -0.2) is 65.4 Å². The smallest absolute Gasteiger partial charge is 0.451 e. The van der Waals surface area contributed by atoms with Gasteiger partial charge in [0.1, 0.15) is 23.9 Å². The lowest BCUT2D eigenvalue weighted by atomic mass is 9.93. The first-order chi connectivity index (χ1) is 22.6. The lowest BCUT2D eigenvalue weighted by Gasteiger charge is -2.32. The van der Waals surface area contributed by atoms with Gasteiger partial charge in [-0.25, -0.2) is 23.7 Å². The van der Waals surface area contributed by atoms with E-state index in [4.69, 9.17) is 26.1 Å². The lowest BCUT2D eigenvalue weighted by molar-refractivity contribution is -0.144. The number of pyridine rings is 2. The second-order valence-corrected chi connectivity index (χ2v) is 12.0. The van der Waals surface area contributed by atoms with E-state index in [1.54, 1.807) is 18.3 Å². The molecule has 10 nitrogen and oxygen atoms in total. The largest absolute Gasteiger partial charge is 0.471 e. The fraction of sp³-hybridized carbons (Fsp3) is 0.387. The number of piperidine rings is 1. The first kappa shape index (κ1) is 31.4. The summed E-state index contributed by atoms with van der Waals surface area (Å²) in [7, 11) is 0. The summed E-state index contributed by atoms with van der Waals surface area (Å²) in [5, 5.41) is 5.87. The van der Waals surface area contributed by atoms with Crippen LogP contribution in [0.25, 0.3) is 22.6 Å². The fourth-order valence-corrected chi connectivity index (χ4v) is 5.95. The van der Waals surface area contributed by atoms with E-state index in [0.29, 0.717) is 30.9 Å². The number of benzene rings is 1. The minimum Gasteiger partial charge on any atom is -0.471 e. The van der Waals surface area contributed by atoms with Gasteiger partial charge in [0.25, 0.3) is 5.88 Å². The molecule has 2 saturated heterocycles. The monoisotopic (exact) mass is 674 g/mol. The number of nitrogens with one attached hydrogen (secondary N) is 1. The first-order valence-electron chi connectivity index (χ1n) is 15.0. The number of aromatic amines is 1. The second-order valence-electron chi connectivity index (χ2n) is 11.6. The van der Waals surface area contributed by atoms with Gasteiger partial charge in [-0.15, -0.1) is 0 Å². The molecule has 0 unspecified atom stereocenters. The highest BCUT2D eigenvalue weighted by molar-refractivity contribution is 6.30. The van der Waals surface area contributed by atoms with Crippen molar-refractivity contribution in [3.05, 3.63) is 82.2 Å². The van der Waals surface area contributed by atoms with Crippen molar-refractivity contribution < 1.29 is 31.4 Å². The average molecular weight is 675 g/mol. The first-order valence-corrected chi connectivity index (χ1v) is 15.4. The molecule has 0 bridgehead atoms. The predicted octanol–water partition coefficient (Wildman–Crippen LogP) is 6.31. The molecule has 1 N–H and O–H groups in total. The van der Waals surface area contributed by atoms with Crippen LogP contribution in [-0.2, 0) is 30.6 Å². The molecule has 16 heteroatoms. The summed E-state index contributed by atoms with van der Waals surface area (Å²) in [5.74, 6) is -1.86. The maximum atomic E-state index is 14.5. The zero-order valence-corrected chi connectivity index (χ0v) is 25.5. The van der Waals surface area contributed by atoms with E-state index < -0.39 is 23.6 Å². The van der Waals surface area contributed by atoms with Gasteiger partial charge in [-0.05, 0) is 62.7 Å². The van der Waals surface area contributed by atoms with Crippen LogP contribution in [0, 0.1) is 11.6 Å². The Balaban J connectivity index is 1.04. The minimum absolute atomic E-state index is 0.0380. The van der Waals surface area contributed by atoms with Crippen LogP contribution in [0.5, 0.6) is 5.88 Å². The molecule has 5 aromatic rings. The van der Waals surface area contributed by atoms with Gasteiger partial charge in [0.05, 0.1) is 36.4 Å². The highest BCUT2D eigenvalue weighted by atomic mass is 35.5. The fourth-order valence-electron chi connectivity index (χ4n) is 5.79. The zero-order valence-electron chi connectivity index (χ0n) is 24.8. The third kappa shape index (κ3) is 6.78. The normalized spacial score (nSPS) is 17.7. The number of aromatic nitrogens is 7. The number of hydrogen-bond donors (Lipinski definition) is 1. The van der Waals surface area contributed by atoms with E-state index in [9.17, 15) is 22.0 Å². The summed E-state index contributed by atoms with van der Waals surface area (Å²) < 4.78 is 81.1. The number of ether oxygens (including phenoxy) is 2. The molecule has 1 aromatic carbocycles. The summed E-state index contributed by atoms with van der Waals surface area (Å²) in [6.07, 6.45) is -0.602. The highest BCUT2D eigenvalue weighted by Crippen LogP contribution is 2.32. The predicted molar refractivity (Wildman–Crippen MR) is 159 cm³/mol. The Labute approximate surface area is 269 Å². The summed E-state index contributed by atoms with van der Waals surface area (Å²) in [5.41, 5.74) is 2.42. The molecule has 6 heterocycles. The molecule has 7 rings (SSSR count). The van der Waals surface area contributed by atoms with E-state index in [1.807, 2.05) is 5.10 Å². The van der Waals surface area contributed by atoms with Crippen LogP contribution in [0.1, 0.15) is 48.1 Å². The zero-order chi connectivity index (χ0) is 32.7. The average Bonchev–Trinajstić information content (AvgIpc) is 3.65. The molecule has 2 aliphatic heterocycles. The molecule has 4 aromatic heterocycles. The van der Waals surface area contributed by atoms with Crippen molar-refractivity contribution >= 4 is 22.6 Å². The van der Waals surface area contributed by atoms with E-state index in [-0.39, 0.29) is 46.6 Å². The van der Waals surface area contributed by atoms with Gasteiger partial charge in [-0.2, -0.15) is 18.3 Å². The Morgan fingerprint density at radius 1 is 1.00 bits per heavy atom. The van der Waals surface area contributed by atoms with Gasteiger partial charge in [0.2, 0.25) is 5.82 Å². The van der Waals surface area contributed by atoms with Crippen molar-refractivity contribution in [2.75, 3.05) is 19.7 Å². The molecule has 1 atom stereocenters. The number of imidazole rings is 1. The molecular weight excluding hydrogens is 647 g/mol. The quantitative estimate of drug-likeness (QED) is 0.181. The van der Waals surface area contributed by atoms with Gasteiger partial charge in [-0.1, -0.05) is 17.7 Å². The molecule has 2 fully saturated rings. The van der Waals surface area contributed by atoms with Crippen LogP contribution < -0.4 is 4.74 Å². The summed E-state index contributed by atoms with van der Waals surface area (Å²) in [4.78, 5) is 19.4. The number of H-pyrrole nitrogens is 1. The summed E-state index contributed by atoms with van der Waals surface area (Å²) >= 11 is 5.81. The van der Waals surface area contributed by atoms with Crippen LogP contribution in [0.2, 0.25) is 5.02 Å². The summed E-state index contributed by atoms with van der Waals surface area (Å²) in [6, 6.07) is 8.76. The van der Waals surface area contributed by atoms with Crippen molar-refractivity contribution in [2.24, 2.45) is 0 Å². The number of alkyl halides is 3. The number of fused-ring (bicyclic) bond motifs is 1. The lowest BCUT2D eigenvalue weighted by Crippen LogP contribution is -2.35. The van der Waals surface area contributed by atoms with Gasteiger partial charge < -0.3 is 14.0 Å². The Hall–Kier alpha value is -4.21. The number of halogens is 6. The summed E-state index contributed by atoms with van der Waals surface area (Å²) in [6.45, 7) is 3.05. The van der Waals surface area contributed by atoms with Crippen molar-refractivity contribution in [3.8, 4) is 17.4 Å². The van der Waals surface area contributed by atoms with E-state index >= 15 is 0 Å². The SMILES string of the molecule is Fc1cc(Cl)ccc1COc1nc(C2CCN(Cc3nc4cc(-c5n[nH]c(C(F)(F)F)n5)ncc4n3C[C@@H]3CCO3)CC2)ccc1F. The Bertz CT molecular complexity index is 1900. The van der Waals surface area contributed by atoms with Gasteiger partial charge in [0.15, 0.2) is 11.6 Å². The van der Waals surface area contributed by atoms with Crippen molar-refractivity contribution in [2.45, 2.75) is 57.2 Å². The number of likely N-dealkylation sites (tertiary alicyclic amines) is 1. The molecule has 0 spiro atoms. The Morgan fingerprint density at radius 3 is 2.51 bits per heavy atom. The molecule has 0 saturated carbocycles. The van der Waals surface area contributed by atoms with E-state index in [1.165, 1.54) is 24.3 Å². The Morgan fingerprint density at radius 2 is 1.81 bits per heavy atom. The second kappa shape index (κ2) is 12.8. The standard InChI is InChI=1S/C31H28ClF5N8O2/c32-19-2-1-18(22(34)11-19)16-47-29-21(33)3-4-23(40-29)17-5-8-44(9-6-17)15-27-39-24-12-25(28-41-30(43-42-28)31(35,36)37)38-13-26(24)45(27)14-20-7-10-46-20/h1-4,11-13,17,20H,5-10,14-16H2,(H,41,42,43)/t20-/m0/s1. The third-order valence-electron chi connectivity index (χ3n) is 8.46. The van der Waals surface area contributed by atoms with E-state index in [0.717, 1.165) is 43.7 Å². The molecule has 0 aliphatic carbocycles. The van der Waals surface area contributed by atoms with Crippen LogP contribution >= 0.6 is 11.6 Å². The third-order valence-corrected chi connectivity index (χ3v) is 8.70. The minimum atomic E-state index is -4.65. The van der Waals surface area contributed by atoms with E-state index in [2.05, 4.69) is 29.5 Å². The maximum Gasteiger partial charge on any atom is 0.451 e. The van der Waals surface area contributed by atoms with Gasteiger partial charge >= 0.3 is 6.18 Å². The van der Waals surface area contributed by atoms with Gasteiger partial charge in [0, 0.05) is 28.8 Å². The molecule has 2 aliphatic rings. The highest BCUT2D eigenvalue weighted by Gasteiger charge is 2.35. The molecule has 0 amide bonds. The molecule has 246 valence electrons. The topological polar surface area (TPSA) is 107 Å². The van der Waals surface area contributed by atoms with Crippen molar-refractivity contribution in [1.29, 1.82) is 0 Å². The van der Waals surface area contributed by atoms with Crippen molar-refractivity contribution in [1.82, 2.24) is 39.6 Å². The van der Waals surface area contributed by atoms with Crippen LogP contribution in [0.3, 0.4) is 0 Å². The number of nitrogens with zero attached hydrogens (tertiary/aromatic N) is 7. The number of rotatable bonds is 9. The van der Waals surface area contributed by atoms with Crippen LogP contribution in [0.4, 0.5) is 22.0 Å². The maximum absolute atomic E-state index is 14.5.